The van der Waals surface area contributed by atoms with E-state index in [-0.39, 0.29) is 6.04 Å². The number of H-pyrrole nitrogens is 1. The van der Waals surface area contributed by atoms with Crippen molar-refractivity contribution in [1.82, 2.24) is 38.8 Å². The van der Waals surface area contributed by atoms with E-state index in [0.29, 0.717) is 37.4 Å². The van der Waals surface area contributed by atoms with Crippen LogP contribution in [0.15, 0.2) is 55.2 Å². The molecule has 2 N–H and O–H groups in total. The van der Waals surface area contributed by atoms with Crippen LogP contribution in [0.2, 0.25) is 0 Å². The number of aromatic amines is 1. The lowest BCUT2D eigenvalue weighted by molar-refractivity contribution is 0.123. The van der Waals surface area contributed by atoms with Gasteiger partial charge in [-0.15, -0.1) is 0 Å². The molecule has 1 atom stereocenters. The molecule has 6 heterocycles. The normalized spacial score (nSPS) is 16.1. The molecule has 178 valence electrons. The molecule has 0 saturated carbocycles. The van der Waals surface area contributed by atoms with Crippen LogP contribution in [0.1, 0.15) is 36.0 Å². The quantitative estimate of drug-likeness (QED) is 0.361. The van der Waals surface area contributed by atoms with Gasteiger partial charge in [0.05, 0.1) is 41.2 Å². The Balaban J connectivity index is 1.33. The van der Waals surface area contributed by atoms with Crippen molar-refractivity contribution in [3.05, 3.63) is 72.3 Å². The molecule has 0 bridgehead atoms. The lowest BCUT2D eigenvalue weighted by atomic mass is 10.0. The number of halogens is 1. The number of hydrogen-bond acceptors (Lipinski definition) is 8. The first-order chi connectivity index (χ1) is 17.2. The maximum absolute atomic E-state index is 13.8. The molecule has 11 heteroatoms. The Hall–Kier alpha value is -3.70. The van der Waals surface area contributed by atoms with Crippen molar-refractivity contribution < 1.29 is 4.39 Å². The number of imidazole rings is 1. The van der Waals surface area contributed by atoms with E-state index in [0.717, 1.165) is 33.3 Å². The van der Waals surface area contributed by atoms with Crippen LogP contribution in [0.4, 0.5) is 15.2 Å². The molecule has 35 heavy (non-hydrogen) atoms. The molecule has 1 aliphatic heterocycles. The molecule has 1 saturated heterocycles. The van der Waals surface area contributed by atoms with E-state index >= 15 is 0 Å². The summed E-state index contributed by atoms with van der Waals surface area (Å²) in [6.45, 7) is 3.30. The minimum Gasteiger partial charge on any atom is -0.328 e. The van der Waals surface area contributed by atoms with E-state index in [4.69, 9.17) is 9.36 Å². The van der Waals surface area contributed by atoms with E-state index in [9.17, 15) is 4.39 Å². The van der Waals surface area contributed by atoms with Gasteiger partial charge in [0.1, 0.15) is 11.2 Å². The van der Waals surface area contributed by atoms with Gasteiger partial charge in [0.15, 0.2) is 11.5 Å². The largest absolute Gasteiger partial charge is 0.328 e. The van der Waals surface area contributed by atoms with Crippen molar-refractivity contribution in [3.8, 4) is 11.3 Å². The van der Waals surface area contributed by atoms with Crippen LogP contribution < -0.4 is 5.32 Å². The summed E-state index contributed by atoms with van der Waals surface area (Å²) in [4.78, 5) is 16.2. The summed E-state index contributed by atoms with van der Waals surface area (Å²) in [6.07, 6.45) is 9.50. The average Bonchev–Trinajstić information content (AvgIpc) is 3.62. The first-order valence-electron chi connectivity index (χ1n) is 11.5. The number of pyridine rings is 1. The van der Waals surface area contributed by atoms with Gasteiger partial charge in [0.25, 0.3) is 0 Å². The molecule has 0 aromatic carbocycles. The molecule has 0 radical (unpaired) electrons. The second-order valence-corrected chi connectivity index (χ2v) is 9.47. The number of piperidine rings is 1. The Labute approximate surface area is 205 Å². The highest BCUT2D eigenvalue weighted by Crippen LogP contribution is 2.34. The van der Waals surface area contributed by atoms with Crippen molar-refractivity contribution in [2.75, 3.05) is 18.4 Å². The highest BCUT2D eigenvalue weighted by Gasteiger charge is 2.30. The molecule has 5 aromatic rings. The van der Waals surface area contributed by atoms with Gasteiger partial charge in [-0.1, -0.05) is 6.07 Å². The van der Waals surface area contributed by atoms with Gasteiger partial charge in [-0.05, 0) is 49.5 Å². The average molecular weight is 490 g/mol. The molecular formula is C24H24FN9S. The summed E-state index contributed by atoms with van der Waals surface area (Å²) >= 11 is 1.37. The van der Waals surface area contributed by atoms with Gasteiger partial charge in [-0.2, -0.15) is 9.47 Å². The Kier molecular flexibility index (Phi) is 5.71. The lowest BCUT2D eigenvalue weighted by Gasteiger charge is -2.34. The van der Waals surface area contributed by atoms with E-state index in [1.165, 1.54) is 11.5 Å². The Bertz CT molecular complexity index is 1420. The zero-order chi connectivity index (χ0) is 23.8. The third-order valence-electron chi connectivity index (χ3n) is 6.25. The summed E-state index contributed by atoms with van der Waals surface area (Å²) in [5.74, 6) is 0.655. The maximum atomic E-state index is 13.8. The summed E-state index contributed by atoms with van der Waals surface area (Å²) in [5, 5.41) is 11.2. The van der Waals surface area contributed by atoms with E-state index < -0.39 is 6.17 Å². The Morgan fingerprint density at radius 2 is 2.06 bits per heavy atom. The van der Waals surface area contributed by atoms with E-state index in [1.54, 1.807) is 12.4 Å². The lowest BCUT2D eigenvalue weighted by Crippen LogP contribution is -2.38. The van der Waals surface area contributed by atoms with Crippen molar-refractivity contribution in [1.29, 1.82) is 0 Å². The number of fused-ring (bicyclic) bond motifs is 1. The summed E-state index contributed by atoms with van der Waals surface area (Å²) in [6, 6.07) is 7.80. The number of alkyl halides is 1. The molecular weight excluding hydrogens is 465 g/mol. The first-order valence-corrected chi connectivity index (χ1v) is 12.3. The van der Waals surface area contributed by atoms with Crippen molar-refractivity contribution in [3.63, 3.8) is 0 Å². The SMILES string of the molecule is Cc1cn2c(-c3cn[nH]c3)cnc2c(Nc2cc(C(c3ccccn3)N3CCC(F)CC3)ns2)n1. The van der Waals surface area contributed by atoms with Gasteiger partial charge in [-0.3, -0.25) is 19.4 Å². The molecule has 1 fully saturated rings. The van der Waals surface area contributed by atoms with E-state index in [1.807, 2.05) is 54.2 Å². The number of aryl methyl sites for hydroxylation is 1. The Morgan fingerprint density at radius 3 is 2.83 bits per heavy atom. The van der Waals surface area contributed by atoms with Crippen LogP contribution >= 0.6 is 11.5 Å². The van der Waals surface area contributed by atoms with Crippen LogP contribution in [-0.4, -0.2) is 58.1 Å². The summed E-state index contributed by atoms with van der Waals surface area (Å²) in [5.41, 5.74) is 5.25. The number of nitrogens with one attached hydrogen (secondary N) is 2. The van der Waals surface area contributed by atoms with Crippen molar-refractivity contribution in [2.45, 2.75) is 32.0 Å². The highest BCUT2D eigenvalue weighted by molar-refractivity contribution is 7.10. The van der Waals surface area contributed by atoms with Crippen LogP contribution in [0.5, 0.6) is 0 Å². The molecule has 0 aliphatic carbocycles. The topological polar surface area (TPSA) is 99.9 Å². The molecule has 0 spiro atoms. The van der Waals surface area contributed by atoms with Gasteiger partial charge in [0, 0.05) is 37.2 Å². The standard InChI is InChI=1S/C24H24FN9S/c1-15-14-34-20(16-11-28-29-12-16)13-27-24(34)23(30-15)31-21-10-19(32-35-21)22(18-4-2-3-7-26-18)33-8-5-17(25)6-9-33/h2-4,7,10-14,17,22H,5-6,8-9H2,1H3,(H,28,29)(H,30,31). The first kappa shape index (κ1) is 21.8. The van der Waals surface area contributed by atoms with E-state index in [2.05, 4.69) is 30.4 Å². The fourth-order valence-corrected chi connectivity index (χ4v) is 5.25. The number of rotatable bonds is 6. The number of aromatic nitrogens is 7. The summed E-state index contributed by atoms with van der Waals surface area (Å²) < 4.78 is 20.6. The molecule has 6 rings (SSSR count). The van der Waals surface area contributed by atoms with Crippen LogP contribution in [0.3, 0.4) is 0 Å². The van der Waals surface area contributed by atoms with Gasteiger partial charge in [-0.25, -0.2) is 14.4 Å². The third-order valence-corrected chi connectivity index (χ3v) is 6.97. The zero-order valence-corrected chi connectivity index (χ0v) is 19.9. The zero-order valence-electron chi connectivity index (χ0n) is 19.1. The summed E-state index contributed by atoms with van der Waals surface area (Å²) in [7, 11) is 0. The number of hydrogen-bond donors (Lipinski definition) is 2. The fraction of sp³-hybridized carbons (Fsp3) is 0.292. The van der Waals surface area contributed by atoms with Crippen molar-refractivity contribution >= 4 is 28.0 Å². The number of nitrogens with zero attached hydrogens (tertiary/aromatic N) is 7. The van der Waals surface area contributed by atoms with Gasteiger partial charge < -0.3 is 5.32 Å². The monoisotopic (exact) mass is 489 g/mol. The second-order valence-electron chi connectivity index (χ2n) is 8.66. The van der Waals surface area contributed by atoms with Crippen LogP contribution in [0, 0.1) is 6.92 Å². The van der Waals surface area contributed by atoms with Gasteiger partial charge >= 0.3 is 0 Å². The highest BCUT2D eigenvalue weighted by atomic mass is 32.1. The smallest absolute Gasteiger partial charge is 0.180 e. The molecule has 1 unspecified atom stereocenters. The molecule has 0 amide bonds. The minimum absolute atomic E-state index is 0.125. The number of anilines is 2. The van der Waals surface area contributed by atoms with Gasteiger partial charge in [0.2, 0.25) is 0 Å². The van der Waals surface area contributed by atoms with Crippen LogP contribution in [0.25, 0.3) is 16.9 Å². The number of likely N-dealkylation sites (tertiary alicyclic amines) is 1. The second kappa shape index (κ2) is 9.16. The predicted octanol–water partition coefficient (Wildman–Crippen LogP) is 4.55. The van der Waals surface area contributed by atoms with Crippen molar-refractivity contribution in [2.24, 2.45) is 0 Å². The minimum atomic E-state index is -0.736. The molecule has 1 aliphatic rings. The van der Waals surface area contributed by atoms with Crippen LogP contribution in [-0.2, 0) is 0 Å². The third kappa shape index (κ3) is 4.28. The molecule has 5 aromatic heterocycles. The Morgan fingerprint density at radius 1 is 1.17 bits per heavy atom. The maximum Gasteiger partial charge on any atom is 0.180 e. The fourth-order valence-electron chi connectivity index (χ4n) is 4.58. The molecule has 9 nitrogen and oxygen atoms in total. The predicted molar refractivity (Wildman–Crippen MR) is 132 cm³/mol.